The van der Waals surface area contributed by atoms with E-state index in [9.17, 15) is 0 Å². The minimum absolute atomic E-state index is 0.413. The summed E-state index contributed by atoms with van der Waals surface area (Å²) in [6.45, 7) is 0. The van der Waals surface area contributed by atoms with Gasteiger partial charge in [-0.1, -0.05) is 170 Å². The molecule has 0 aliphatic rings. The Hall–Kier alpha value is -9.20. The van der Waals surface area contributed by atoms with E-state index in [-0.39, 0.29) is 0 Å². The topological polar surface area (TPSA) is 90.5 Å². The van der Waals surface area contributed by atoms with Gasteiger partial charge in [0.2, 0.25) is 5.89 Å². The van der Waals surface area contributed by atoms with E-state index in [0.29, 0.717) is 34.3 Å². The van der Waals surface area contributed by atoms with Crippen LogP contribution in [0.3, 0.4) is 0 Å². The second-order valence-corrected chi connectivity index (χ2v) is 16.7. The largest absolute Gasteiger partial charge is 0.434 e. The van der Waals surface area contributed by atoms with Gasteiger partial charge in [0.25, 0.3) is 0 Å². The van der Waals surface area contributed by atoms with Crippen molar-refractivity contribution >= 4 is 54.3 Å². The minimum Gasteiger partial charge on any atom is -0.434 e. The normalized spacial score (nSPS) is 11.6. The molecule has 0 aliphatic carbocycles. The first-order valence-corrected chi connectivity index (χ1v) is 22.3. The van der Waals surface area contributed by atoms with Crippen LogP contribution in [-0.2, 0) is 0 Å². The van der Waals surface area contributed by atoms with Crippen molar-refractivity contribution in [3.8, 4) is 79.3 Å². The lowest BCUT2D eigenvalue weighted by Gasteiger charge is -2.15. The van der Waals surface area contributed by atoms with Gasteiger partial charge in [-0.25, -0.2) is 24.9 Å². The van der Waals surface area contributed by atoms with Gasteiger partial charge >= 0.3 is 0 Å². The van der Waals surface area contributed by atoms with E-state index in [4.69, 9.17) is 29.3 Å². The van der Waals surface area contributed by atoms with Crippen LogP contribution >= 0.6 is 0 Å². The van der Waals surface area contributed by atoms with Crippen molar-refractivity contribution in [3.05, 3.63) is 219 Å². The van der Waals surface area contributed by atoms with Crippen molar-refractivity contribution in [2.45, 2.75) is 0 Å². The zero-order valence-electron chi connectivity index (χ0n) is 35.9. The molecule has 13 aromatic rings. The van der Waals surface area contributed by atoms with E-state index in [1.807, 2.05) is 24.3 Å². The third-order valence-corrected chi connectivity index (χ3v) is 12.6. The van der Waals surface area contributed by atoms with Gasteiger partial charge in [-0.3, -0.25) is 0 Å². The average molecular weight is 857 g/mol. The molecule has 7 nitrogen and oxygen atoms in total. The molecular formula is C60H36N6O. The number of hydrogen-bond acceptors (Lipinski definition) is 7. The number of fused-ring (bicyclic) bond motifs is 5. The second kappa shape index (κ2) is 15.8. The highest BCUT2D eigenvalue weighted by Gasteiger charge is 2.21. The first-order valence-electron chi connectivity index (χ1n) is 22.3. The van der Waals surface area contributed by atoms with Gasteiger partial charge in [-0.2, -0.15) is 4.98 Å². The Bertz CT molecular complexity index is 3610. The highest BCUT2D eigenvalue weighted by molar-refractivity contribution is 6.01. The highest BCUT2D eigenvalue weighted by Crippen LogP contribution is 2.39. The predicted molar refractivity (Wildman–Crippen MR) is 271 cm³/mol. The summed E-state index contributed by atoms with van der Waals surface area (Å²) >= 11 is 0. The van der Waals surface area contributed by atoms with Crippen molar-refractivity contribution in [3.63, 3.8) is 0 Å². The molecule has 0 spiro atoms. The molecule has 0 amide bonds. The Morgan fingerprint density at radius 1 is 0.299 bits per heavy atom. The molecule has 0 radical (unpaired) electrons. The summed E-state index contributed by atoms with van der Waals surface area (Å²) in [5, 5.41) is 8.94. The van der Waals surface area contributed by atoms with Crippen LogP contribution in [0.15, 0.2) is 223 Å². The number of benzene rings is 9. The third kappa shape index (κ3) is 6.85. The van der Waals surface area contributed by atoms with Crippen molar-refractivity contribution in [2.75, 3.05) is 0 Å². The predicted octanol–water partition coefficient (Wildman–Crippen LogP) is 15.1. The lowest BCUT2D eigenvalue weighted by Crippen LogP contribution is -2.00. The molecule has 0 aliphatic heterocycles. The molecule has 312 valence electrons. The van der Waals surface area contributed by atoms with E-state index < -0.39 is 0 Å². The maximum Gasteiger partial charge on any atom is 0.228 e. The molecule has 0 bridgehead atoms. The summed E-state index contributed by atoms with van der Waals surface area (Å²) in [5.41, 5.74) is 10.6. The fraction of sp³-hybridized carbons (Fsp3) is 0. The van der Waals surface area contributed by atoms with Gasteiger partial charge in [0, 0.05) is 45.1 Å². The van der Waals surface area contributed by atoms with Gasteiger partial charge < -0.3 is 4.42 Å². The van der Waals surface area contributed by atoms with Crippen molar-refractivity contribution in [2.24, 2.45) is 0 Å². The first kappa shape index (κ1) is 38.3. The van der Waals surface area contributed by atoms with Crippen LogP contribution in [0.5, 0.6) is 0 Å². The Labute approximate surface area is 384 Å². The molecule has 13 rings (SSSR count). The Balaban J connectivity index is 1.09. The first-order chi connectivity index (χ1) is 33.2. The van der Waals surface area contributed by atoms with Gasteiger partial charge in [-0.15, -0.1) is 0 Å². The summed E-state index contributed by atoms with van der Waals surface area (Å²) in [6, 6.07) is 73.3. The maximum atomic E-state index is 6.45. The summed E-state index contributed by atoms with van der Waals surface area (Å²) < 4.78 is 6.45. The van der Waals surface area contributed by atoms with E-state index in [1.165, 1.54) is 0 Å². The molecular weight excluding hydrogens is 821 g/mol. The monoisotopic (exact) mass is 856 g/mol. The summed E-state index contributed by atoms with van der Waals surface area (Å²) in [6.07, 6.45) is 1.72. The molecule has 0 atom stereocenters. The lowest BCUT2D eigenvalue weighted by molar-refractivity contribution is 0.619. The summed E-state index contributed by atoms with van der Waals surface area (Å²) in [5.74, 6) is 1.48. The smallest absolute Gasteiger partial charge is 0.228 e. The number of hydrogen-bond donors (Lipinski definition) is 0. The molecule has 67 heavy (non-hydrogen) atoms. The second-order valence-electron chi connectivity index (χ2n) is 16.7. The van der Waals surface area contributed by atoms with Crippen LogP contribution < -0.4 is 0 Å². The maximum absolute atomic E-state index is 6.45. The molecule has 9 aromatic carbocycles. The van der Waals surface area contributed by atoms with Gasteiger partial charge in [0.1, 0.15) is 0 Å². The Morgan fingerprint density at radius 2 is 0.657 bits per heavy atom. The zero-order chi connectivity index (χ0) is 44.3. The highest BCUT2D eigenvalue weighted by atomic mass is 16.3. The molecule has 0 saturated carbocycles. The van der Waals surface area contributed by atoms with Crippen LogP contribution in [-0.4, -0.2) is 29.9 Å². The zero-order valence-corrected chi connectivity index (χ0v) is 35.9. The molecule has 0 unspecified atom stereocenters. The van der Waals surface area contributed by atoms with Gasteiger partial charge in [0.15, 0.2) is 22.9 Å². The average Bonchev–Trinajstić information content (AvgIpc) is 3.85. The van der Waals surface area contributed by atoms with Crippen LogP contribution in [0.25, 0.3) is 134 Å². The number of aromatic nitrogens is 6. The quantitative estimate of drug-likeness (QED) is 0.158. The van der Waals surface area contributed by atoms with Crippen LogP contribution in [0, 0.1) is 0 Å². The standard InChI is InChI=1S/C60H36N6O/c1-5-22-44-37(14-1)18-9-26-48(44)52-35-53(49-27-10-19-38-15-2-6-23-45(38)49)63-57(62-52)41-32-42(34-43(33-41)60-66-59-56(67-60)30-13-31-61-59)58-64-54(50-28-11-20-39-16-3-7-24-46(39)50)36-55(65-58)51-29-12-21-40-17-4-8-25-47(40)51/h1-36H. The van der Waals surface area contributed by atoms with E-state index in [0.717, 1.165) is 99.2 Å². The Morgan fingerprint density at radius 3 is 1.04 bits per heavy atom. The van der Waals surface area contributed by atoms with E-state index in [2.05, 4.69) is 193 Å². The molecule has 0 N–H and O–H groups in total. The molecule has 7 heteroatoms. The van der Waals surface area contributed by atoms with Crippen LogP contribution in [0.2, 0.25) is 0 Å². The number of pyridine rings is 1. The number of oxazole rings is 1. The van der Waals surface area contributed by atoms with Crippen LogP contribution in [0.1, 0.15) is 0 Å². The van der Waals surface area contributed by atoms with Crippen LogP contribution in [0.4, 0.5) is 0 Å². The summed E-state index contributed by atoms with van der Waals surface area (Å²) in [4.78, 5) is 31.1. The van der Waals surface area contributed by atoms with Gasteiger partial charge in [-0.05, 0) is 85.6 Å². The fourth-order valence-electron chi connectivity index (χ4n) is 9.40. The molecule has 4 aromatic heterocycles. The molecule has 0 fully saturated rings. The SMILES string of the molecule is c1ccc2c(-c3cc(-c4cccc5ccccc45)nc(-c4cc(-c5nc(-c6cccc7ccccc67)cc(-c6cccc7ccccc67)n5)cc(-c5nc6ncccc6o5)c4)n3)cccc2c1. The van der Waals surface area contributed by atoms with Crippen molar-refractivity contribution in [1.29, 1.82) is 0 Å². The third-order valence-electron chi connectivity index (χ3n) is 12.6. The van der Waals surface area contributed by atoms with E-state index in [1.54, 1.807) is 6.20 Å². The summed E-state index contributed by atoms with van der Waals surface area (Å²) in [7, 11) is 0. The molecule has 0 saturated heterocycles. The van der Waals surface area contributed by atoms with E-state index >= 15 is 0 Å². The number of rotatable bonds is 7. The molecule has 4 heterocycles. The minimum atomic E-state index is 0.413. The Kier molecular flexibility index (Phi) is 9.03. The number of nitrogens with zero attached hydrogens (tertiary/aromatic N) is 6. The van der Waals surface area contributed by atoms with Gasteiger partial charge in [0.05, 0.1) is 22.8 Å². The lowest BCUT2D eigenvalue weighted by atomic mass is 9.97. The fourth-order valence-corrected chi connectivity index (χ4v) is 9.40. The van der Waals surface area contributed by atoms with Crippen molar-refractivity contribution in [1.82, 2.24) is 29.9 Å². The van der Waals surface area contributed by atoms with Crippen molar-refractivity contribution < 1.29 is 4.42 Å².